The number of benzene rings is 2. The smallest absolute Gasteiger partial charge is 0.326 e. The lowest BCUT2D eigenvalue weighted by molar-refractivity contribution is -0.147. The van der Waals surface area contributed by atoms with Crippen LogP contribution in [-0.4, -0.2) is 306 Å². The number of unbranched alkanes of at least 4 members (excludes halogenated alkanes) is 2. The average molecular weight is 1990 g/mol. The molecule has 0 aliphatic carbocycles. The molecule has 0 aliphatic rings. The summed E-state index contributed by atoms with van der Waals surface area (Å²) in [5, 5.41) is 110. The van der Waals surface area contributed by atoms with Crippen molar-refractivity contribution in [3.63, 3.8) is 0 Å². The van der Waals surface area contributed by atoms with Crippen LogP contribution in [0.3, 0.4) is 0 Å². The SMILES string of the molecule is CC[C@H](C)[C@H](NC(=O)[C@H](CCC(N)=O)NC(=O)[C@@H](NC(=O)[C@H](C)NC(=O)[C@@H](N)CS)[C@@H](C)O)C(=O)N[C@H](C(=O)N[C@H](C(=O)N[C@@H](Cc1ccccc1)C(=O)N[C@@H](CCC(=O)O)C(=O)N[C@@H](CO)C(=O)N[C@@H](Cc1ccccc1)C(=O)N[C@@H](CCCCN)C(=O)N[C@@H](CCC(=O)O)C(=O)N[C@@H](CC(N)=O)C(=O)N[C@@H](CC(C)C)C(=O)N[C@@H](CCCCN)C(=O)N[C@@H](CC(=O)O)C(=O)O)[C@@H](C)O)[C@@H](C)CC. The molecule has 51 heteroatoms. The number of hydrogen-bond donors (Lipinski definition) is 29. The second kappa shape index (κ2) is 63.4. The summed E-state index contributed by atoms with van der Waals surface area (Å²) < 4.78 is 0. The fourth-order valence-electron chi connectivity index (χ4n) is 13.6. The van der Waals surface area contributed by atoms with Crippen LogP contribution in [0.1, 0.15) is 183 Å². The van der Waals surface area contributed by atoms with E-state index in [2.05, 4.69) is 97.7 Å². The van der Waals surface area contributed by atoms with Crippen LogP contribution in [0.15, 0.2) is 60.7 Å². The van der Waals surface area contributed by atoms with E-state index in [1.165, 1.54) is 38.1 Å². The summed E-state index contributed by atoms with van der Waals surface area (Å²) in [6.45, 7) is 11.9. The van der Waals surface area contributed by atoms with Crippen LogP contribution in [0.2, 0.25) is 0 Å². The van der Waals surface area contributed by atoms with Gasteiger partial charge in [0.15, 0.2) is 0 Å². The molecule has 2 aromatic carbocycles. The van der Waals surface area contributed by atoms with Gasteiger partial charge >= 0.3 is 23.9 Å². The highest BCUT2D eigenvalue weighted by Gasteiger charge is 2.42. The molecule has 0 fully saturated rings. The number of carbonyl (C=O) groups excluding carboxylic acids is 18. The number of carboxylic acids is 4. The van der Waals surface area contributed by atoms with Crippen LogP contribution in [0.5, 0.6) is 0 Å². The molecule has 0 unspecified atom stereocenters. The Labute approximate surface area is 808 Å². The lowest BCUT2D eigenvalue weighted by Crippen LogP contribution is -2.63. The number of thiol groups is 1. The van der Waals surface area contributed by atoms with Crippen molar-refractivity contribution in [1.82, 2.24) is 85.1 Å². The zero-order chi connectivity index (χ0) is 105. The molecular formula is C88H139N21O29S. The van der Waals surface area contributed by atoms with Crippen molar-refractivity contribution in [1.29, 1.82) is 0 Å². The second-order valence-corrected chi connectivity index (χ2v) is 34.5. The maximum Gasteiger partial charge on any atom is 0.326 e. The van der Waals surface area contributed by atoms with Gasteiger partial charge in [0.05, 0.1) is 37.7 Å². The maximum absolute atomic E-state index is 14.8. The summed E-state index contributed by atoms with van der Waals surface area (Å²) in [5.74, 6) is -28.9. The number of rotatable bonds is 68. The van der Waals surface area contributed by atoms with E-state index in [0.29, 0.717) is 17.5 Å². The molecule has 0 radical (unpaired) electrons. The summed E-state index contributed by atoms with van der Waals surface area (Å²) >= 11 is 3.96. The molecule has 2 rings (SSSR count). The van der Waals surface area contributed by atoms with Gasteiger partial charge in [-0.2, -0.15) is 12.6 Å². The monoisotopic (exact) mass is 1990 g/mol. The molecule has 0 saturated heterocycles. The first kappa shape index (κ1) is 122. The zero-order valence-corrected chi connectivity index (χ0v) is 80.1. The molecule has 0 bridgehead atoms. The van der Waals surface area contributed by atoms with E-state index in [1.807, 2.05) is 0 Å². The number of aliphatic hydroxyl groups is 3. The number of nitrogens with one attached hydrogen (secondary N) is 16. The third kappa shape index (κ3) is 45.4. The Kier molecular flexibility index (Phi) is 55.6. The van der Waals surface area contributed by atoms with E-state index in [-0.39, 0.29) is 70.2 Å². The molecule has 776 valence electrons. The lowest BCUT2D eigenvalue weighted by Gasteiger charge is -2.32. The van der Waals surface area contributed by atoms with Gasteiger partial charge < -0.3 is 149 Å². The predicted molar refractivity (Wildman–Crippen MR) is 499 cm³/mol. The highest BCUT2D eigenvalue weighted by atomic mass is 32.1. The van der Waals surface area contributed by atoms with Crippen LogP contribution in [0, 0.1) is 17.8 Å². The number of nitrogens with two attached hydrogens (primary N) is 5. The Morgan fingerprint density at radius 3 is 1.00 bits per heavy atom. The average Bonchev–Trinajstić information content (AvgIpc) is 0.822. The molecule has 21 atom stereocenters. The number of aliphatic hydroxyl groups excluding tert-OH is 3. The Morgan fingerprint density at radius 2 is 0.640 bits per heavy atom. The van der Waals surface area contributed by atoms with Crippen LogP contribution >= 0.6 is 12.6 Å². The number of aliphatic carboxylic acids is 4. The highest BCUT2D eigenvalue weighted by Crippen LogP contribution is 2.19. The Morgan fingerprint density at radius 1 is 0.331 bits per heavy atom. The molecule has 139 heavy (non-hydrogen) atoms. The molecule has 0 saturated carbocycles. The minimum atomic E-state index is -2.08. The van der Waals surface area contributed by atoms with Gasteiger partial charge in [0.1, 0.15) is 96.7 Å². The van der Waals surface area contributed by atoms with Crippen molar-refractivity contribution in [3.8, 4) is 0 Å². The molecule has 0 aliphatic heterocycles. The van der Waals surface area contributed by atoms with E-state index in [0.717, 1.165) is 13.8 Å². The fraction of sp³-hybridized carbons (Fsp3) is 0.614. The van der Waals surface area contributed by atoms with Gasteiger partial charge in [-0.15, -0.1) is 0 Å². The summed E-state index contributed by atoms with van der Waals surface area (Å²) in [7, 11) is 0. The molecule has 18 amide bonds. The van der Waals surface area contributed by atoms with Gasteiger partial charge in [-0.1, -0.05) is 115 Å². The van der Waals surface area contributed by atoms with Gasteiger partial charge in [-0.25, -0.2) is 4.79 Å². The standard InChI is InChI=1S/C88H139N21O29S/c1-10-44(5)68(106-78(127)54(28-31-63(92)113)99-86(135)70(47(8)111)108-72(121)46(7)94-73(122)51(91)42-139)84(133)107-69(45(6)11-2)85(134)109-71(48(9)112)87(136)103-59(38-50-24-16-13-17-25-50)81(130)98-56(30-33-66(117)118)77(126)105-62(41-110)83(132)101-58(37-49-22-14-12-15-23-49)80(129)96-52(26-18-20-34-89)74(123)97-55(29-32-65(115)116)76(125)102-60(39-64(93)114)82(131)100-57(36-43(3)4)79(128)95-53(27-19-21-35-90)75(124)104-61(88(137)138)40-67(119)120/h12-17,22-25,43-48,51-62,68-71,110-112,139H,10-11,18-21,26-42,89-91H2,1-9H3,(H2,92,113)(H2,93,114)(H,94,122)(H,95,128)(H,96,129)(H,97,123)(H,98,130)(H,99,135)(H,100,131)(H,101,132)(H,102,125)(H,103,136)(H,104,124)(H,105,126)(H,106,127)(H,107,133)(H,108,121)(H,109,134)(H,115,116)(H,117,118)(H,119,120)(H,137,138)/t44-,45-,46-,47+,48+,51-,52-,53-,54-,55-,56-,57-,58-,59-,60-,61-,62-,68-,69-,70-,71-/m0/s1. The zero-order valence-electron chi connectivity index (χ0n) is 79.2. The van der Waals surface area contributed by atoms with Crippen LogP contribution in [0.4, 0.5) is 0 Å². The summed E-state index contributed by atoms with van der Waals surface area (Å²) in [4.78, 5) is 300. The maximum atomic E-state index is 14.8. The minimum absolute atomic E-state index is 0.0317. The summed E-state index contributed by atoms with van der Waals surface area (Å²) in [5.41, 5.74) is 28.8. The predicted octanol–water partition coefficient (Wildman–Crippen LogP) is -7.91. The quantitative estimate of drug-likeness (QED) is 0.0216. The van der Waals surface area contributed by atoms with Gasteiger partial charge in [-0.3, -0.25) is 101 Å². The molecule has 50 nitrogen and oxygen atoms in total. The minimum Gasteiger partial charge on any atom is -0.481 e. The van der Waals surface area contributed by atoms with Gasteiger partial charge in [0.25, 0.3) is 0 Å². The molecule has 33 N–H and O–H groups in total. The molecule has 0 aromatic heterocycles. The van der Waals surface area contributed by atoms with E-state index < -0.39 is 334 Å². The van der Waals surface area contributed by atoms with Crippen molar-refractivity contribution in [2.24, 2.45) is 46.4 Å². The van der Waals surface area contributed by atoms with E-state index in [9.17, 15) is 141 Å². The van der Waals surface area contributed by atoms with Crippen molar-refractivity contribution >= 4 is 143 Å². The molecule has 0 spiro atoms. The highest BCUT2D eigenvalue weighted by molar-refractivity contribution is 7.80. The summed E-state index contributed by atoms with van der Waals surface area (Å²) in [6, 6.07) is -13.9. The van der Waals surface area contributed by atoms with E-state index in [4.69, 9.17) is 28.7 Å². The molecule has 2 aromatic rings. The fourth-order valence-corrected chi connectivity index (χ4v) is 13.8. The van der Waals surface area contributed by atoms with Crippen LogP contribution in [-0.2, 0) is 118 Å². The topological polar surface area (TPSA) is 840 Å². The van der Waals surface area contributed by atoms with Gasteiger partial charge in [0.2, 0.25) is 106 Å². The van der Waals surface area contributed by atoms with Crippen molar-refractivity contribution in [2.75, 3.05) is 25.4 Å². The Bertz CT molecular complexity index is 4480. The van der Waals surface area contributed by atoms with Crippen LogP contribution in [0.25, 0.3) is 0 Å². The number of hydrogen-bond acceptors (Lipinski definition) is 29. The first-order valence-electron chi connectivity index (χ1n) is 45.5. The van der Waals surface area contributed by atoms with Crippen molar-refractivity contribution in [3.05, 3.63) is 71.8 Å². The van der Waals surface area contributed by atoms with Crippen molar-refractivity contribution < 1.29 is 141 Å². The third-order valence-corrected chi connectivity index (χ3v) is 22.4. The number of carbonyl (C=O) groups is 22. The van der Waals surface area contributed by atoms with E-state index in [1.54, 1.807) is 71.0 Å². The van der Waals surface area contributed by atoms with Crippen molar-refractivity contribution in [2.45, 2.75) is 299 Å². The van der Waals surface area contributed by atoms with Crippen LogP contribution < -0.4 is 114 Å². The molecule has 0 heterocycles. The van der Waals surface area contributed by atoms with Gasteiger partial charge in [0, 0.05) is 37.9 Å². The number of primary amides is 2. The first-order chi connectivity index (χ1) is 65.4. The lowest BCUT2D eigenvalue weighted by atomic mass is 9.94. The second-order valence-electron chi connectivity index (χ2n) is 34.1. The molecular weight excluding hydrogens is 1850 g/mol. The Hall–Kier alpha value is -13.1. The largest absolute Gasteiger partial charge is 0.481 e. The Balaban J connectivity index is 2.64. The third-order valence-electron chi connectivity index (χ3n) is 22.0. The van der Waals surface area contributed by atoms with Gasteiger partial charge in [-0.05, 0) is 127 Å². The summed E-state index contributed by atoms with van der Waals surface area (Å²) in [6.07, 6.45) is -10.2. The normalized spacial score (nSPS) is 15.7. The number of carboxylic acid groups (broad SMARTS) is 4. The first-order valence-corrected chi connectivity index (χ1v) is 46.1. The van der Waals surface area contributed by atoms with E-state index >= 15 is 0 Å². The number of amides is 18.